The lowest BCUT2D eigenvalue weighted by molar-refractivity contribution is -0.170. The van der Waals surface area contributed by atoms with E-state index in [9.17, 15) is 4.79 Å². The fourth-order valence-electron chi connectivity index (χ4n) is 3.04. The summed E-state index contributed by atoms with van der Waals surface area (Å²) in [5, 5.41) is 0. The van der Waals surface area contributed by atoms with Crippen LogP contribution < -0.4 is 0 Å². The fourth-order valence-corrected chi connectivity index (χ4v) is 3.04. The van der Waals surface area contributed by atoms with Crippen LogP contribution in [-0.4, -0.2) is 25.3 Å². The zero-order chi connectivity index (χ0) is 12.3. The Labute approximate surface area is 104 Å². The Kier molecular flexibility index (Phi) is 4.21. The van der Waals surface area contributed by atoms with Gasteiger partial charge in [-0.2, -0.15) is 0 Å². The second-order valence-corrected chi connectivity index (χ2v) is 5.77. The molecule has 1 aliphatic heterocycles. The molecule has 1 aliphatic carbocycles. The summed E-state index contributed by atoms with van der Waals surface area (Å²) in [5.74, 6) is 0.603. The first-order chi connectivity index (χ1) is 8.12. The van der Waals surface area contributed by atoms with Crippen LogP contribution in [0.25, 0.3) is 0 Å². The minimum absolute atomic E-state index is 0.00297. The van der Waals surface area contributed by atoms with Crippen molar-refractivity contribution in [3.05, 3.63) is 0 Å². The quantitative estimate of drug-likeness (QED) is 0.741. The number of rotatable bonds is 5. The fraction of sp³-hybridized carbons (Fsp3) is 0.929. The molecule has 1 heterocycles. The molecule has 0 aromatic rings. The van der Waals surface area contributed by atoms with E-state index in [-0.39, 0.29) is 17.6 Å². The number of ketones is 1. The topological polar surface area (TPSA) is 35.5 Å². The summed E-state index contributed by atoms with van der Waals surface area (Å²) in [4.78, 5) is 11.4. The van der Waals surface area contributed by atoms with Gasteiger partial charge in [0.15, 0.2) is 6.29 Å². The Hall–Kier alpha value is -0.410. The Bertz CT molecular complexity index is 271. The number of ether oxygens (including phenoxy) is 2. The number of hydrogen-bond acceptors (Lipinski definition) is 3. The summed E-state index contributed by atoms with van der Waals surface area (Å²) in [5.41, 5.74) is 0.181. The van der Waals surface area contributed by atoms with Gasteiger partial charge >= 0.3 is 0 Å². The number of hydrogen-bond donors (Lipinski definition) is 0. The first-order valence-corrected chi connectivity index (χ1v) is 6.85. The van der Waals surface area contributed by atoms with Gasteiger partial charge in [-0.1, -0.05) is 6.92 Å². The van der Waals surface area contributed by atoms with Gasteiger partial charge in [0, 0.05) is 12.5 Å². The predicted molar refractivity (Wildman–Crippen MR) is 65.7 cm³/mol. The van der Waals surface area contributed by atoms with Crippen molar-refractivity contribution >= 4 is 5.78 Å². The van der Waals surface area contributed by atoms with Crippen LogP contribution in [0, 0.1) is 11.3 Å². The van der Waals surface area contributed by atoms with Crippen molar-refractivity contribution in [2.75, 3.05) is 13.2 Å². The summed E-state index contributed by atoms with van der Waals surface area (Å²) in [6, 6.07) is 0. The lowest BCUT2D eigenvalue weighted by atomic mass is 9.58. The molecule has 0 amide bonds. The first-order valence-electron chi connectivity index (χ1n) is 6.85. The van der Waals surface area contributed by atoms with E-state index in [1.165, 1.54) is 6.42 Å². The van der Waals surface area contributed by atoms with Crippen LogP contribution in [0.2, 0.25) is 0 Å². The molecule has 98 valence electrons. The average Bonchev–Trinajstić information content (AvgIpc) is 2.28. The van der Waals surface area contributed by atoms with Crippen LogP contribution in [0.15, 0.2) is 0 Å². The second-order valence-electron chi connectivity index (χ2n) is 5.77. The van der Waals surface area contributed by atoms with Crippen molar-refractivity contribution in [1.29, 1.82) is 0 Å². The van der Waals surface area contributed by atoms with Crippen molar-refractivity contribution in [3.8, 4) is 0 Å². The molecule has 0 spiro atoms. The first kappa shape index (κ1) is 13.0. The number of carbonyl (C=O) groups is 1. The summed E-state index contributed by atoms with van der Waals surface area (Å²) >= 11 is 0. The molecule has 3 nitrogen and oxygen atoms in total. The third kappa shape index (κ3) is 3.08. The monoisotopic (exact) mass is 240 g/mol. The van der Waals surface area contributed by atoms with Gasteiger partial charge in [0.05, 0.1) is 6.61 Å². The molecule has 2 rings (SSSR count). The summed E-state index contributed by atoms with van der Waals surface area (Å²) in [6.07, 6.45) is 6.59. The molecule has 1 unspecified atom stereocenters. The molecule has 2 fully saturated rings. The number of carbonyl (C=O) groups excluding carboxylic acids is 1. The molecule has 17 heavy (non-hydrogen) atoms. The highest BCUT2D eigenvalue weighted by atomic mass is 16.7. The second kappa shape index (κ2) is 5.49. The summed E-state index contributed by atoms with van der Waals surface area (Å²) < 4.78 is 11.3. The van der Waals surface area contributed by atoms with E-state index in [4.69, 9.17) is 9.47 Å². The third-order valence-electron chi connectivity index (χ3n) is 4.45. The highest BCUT2D eigenvalue weighted by molar-refractivity contribution is 5.80. The van der Waals surface area contributed by atoms with Gasteiger partial charge in [-0.15, -0.1) is 0 Å². The highest BCUT2D eigenvalue weighted by Crippen LogP contribution is 2.49. The minimum atomic E-state index is 0.00297. The molecule has 1 saturated heterocycles. The van der Waals surface area contributed by atoms with E-state index >= 15 is 0 Å². The van der Waals surface area contributed by atoms with Gasteiger partial charge in [-0.3, -0.25) is 4.79 Å². The van der Waals surface area contributed by atoms with Crippen LogP contribution in [0.5, 0.6) is 0 Å². The van der Waals surface area contributed by atoms with Gasteiger partial charge in [0.2, 0.25) is 0 Å². The Morgan fingerprint density at radius 2 is 2.24 bits per heavy atom. The van der Waals surface area contributed by atoms with E-state index in [2.05, 4.69) is 6.92 Å². The van der Waals surface area contributed by atoms with Gasteiger partial charge in [0.1, 0.15) is 5.78 Å². The normalized spacial score (nSPS) is 37.5. The Morgan fingerprint density at radius 1 is 1.41 bits per heavy atom. The maximum absolute atomic E-state index is 11.4. The lowest BCUT2D eigenvalue weighted by Gasteiger charge is -2.46. The zero-order valence-electron chi connectivity index (χ0n) is 11.0. The number of Topliss-reactive ketones (excluding diaryl/α,β-unsaturated/α-hetero) is 1. The van der Waals surface area contributed by atoms with E-state index in [1.807, 2.05) is 0 Å². The third-order valence-corrected chi connectivity index (χ3v) is 4.45. The van der Waals surface area contributed by atoms with Gasteiger partial charge < -0.3 is 9.47 Å². The van der Waals surface area contributed by atoms with Crippen LogP contribution in [-0.2, 0) is 14.3 Å². The molecule has 0 aromatic heterocycles. The SMILES string of the molecule is CC(=O)[C@H]1CC[C@]1(C)CCOC1CCCCO1. The van der Waals surface area contributed by atoms with Crippen molar-refractivity contribution < 1.29 is 14.3 Å². The molecule has 0 aromatic carbocycles. The van der Waals surface area contributed by atoms with Crippen molar-refractivity contribution in [2.24, 2.45) is 11.3 Å². The Morgan fingerprint density at radius 3 is 2.76 bits per heavy atom. The van der Waals surface area contributed by atoms with Gasteiger partial charge in [-0.25, -0.2) is 0 Å². The van der Waals surface area contributed by atoms with Crippen LogP contribution in [0.4, 0.5) is 0 Å². The van der Waals surface area contributed by atoms with Crippen LogP contribution in [0.3, 0.4) is 0 Å². The van der Waals surface area contributed by atoms with Gasteiger partial charge in [-0.05, 0) is 50.9 Å². The molecule has 1 saturated carbocycles. The van der Waals surface area contributed by atoms with Crippen molar-refractivity contribution in [2.45, 2.75) is 58.7 Å². The zero-order valence-corrected chi connectivity index (χ0v) is 11.0. The maximum atomic E-state index is 11.4. The summed E-state index contributed by atoms with van der Waals surface area (Å²) in [7, 11) is 0. The molecule has 0 radical (unpaired) electrons. The average molecular weight is 240 g/mol. The Balaban J connectivity index is 1.69. The molecule has 0 bridgehead atoms. The van der Waals surface area contributed by atoms with E-state index in [1.54, 1.807) is 6.92 Å². The predicted octanol–water partition coefficient (Wildman–Crippen LogP) is 2.93. The smallest absolute Gasteiger partial charge is 0.157 e. The molecular formula is C14H24O3. The minimum Gasteiger partial charge on any atom is -0.353 e. The maximum Gasteiger partial charge on any atom is 0.157 e. The molecule has 3 heteroatoms. The van der Waals surface area contributed by atoms with E-state index in [0.717, 1.165) is 45.3 Å². The molecule has 2 aliphatic rings. The van der Waals surface area contributed by atoms with E-state index in [0.29, 0.717) is 5.78 Å². The van der Waals surface area contributed by atoms with Crippen molar-refractivity contribution in [3.63, 3.8) is 0 Å². The molecule has 3 atom stereocenters. The lowest BCUT2D eigenvalue weighted by Crippen LogP contribution is -2.42. The van der Waals surface area contributed by atoms with Crippen LogP contribution in [0.1, 0.15) is 52.4 Å². The van der Waals surface area contributed by atoms with E-state index < -0.39 is 0 Å². The van der Waals surface area contributed by atoms with Crippen LogP contribution >= 0.6 is 0 Å². The molecular weight excluding hydrogens is 216 g/mol. The van der Waals surface area contributed by atoms with Gasteiger partial charge in [0.25, 0.3) is 0 Å². The highest BCUT2D eigenvalue weighted by Gasteiger charge is 2.44. The molecule has 0 N–H and O–H groups in total. The largest absolute Gasteiger partial charge is 0.353 e. The van der Waals surface area contributed by atoms with Crippen molar-refractivity contribution in [1.82, 2.24) is 0 Å². The summed E-state index contributed by atoms with van der Waals surface area (Å²) in [6.45, 7) is 5.49. The standard InChI is InChI=1S/C14H24O3/c1-11(15)12-6-7-14(12,2)8-10-17-13-5-3-4-9-16-13/h12-13H,3-10H2,1-2H3/t12-,13?,14-/m1/s1.